The minimum atomic E-state index is -3.54. The lowest BCUT2D eigenvalue weighted by molar-refractivity contribution is 0.204. The van der Waals surface area contributed by atoms with Gasteiger partial charge in [0, 0.05) is 13.7 Å². The Labute approximate surface area is 101 Å². The van der Waals surface area contributed by atoms with Crippen LogP contribution >= 0.6 is 11.6 Å². The smallest absolute Gasteiger partial charge is 0.242 e. The molecule has 4 nitrogen and oxygen atoms in total. The zero-order valence-electron chi connectivity index (χ0n) is 9.16. The summed E-state index contributed by atoms with van der Waals surface area (Å²) in [4.78, 5) is 0.0934. The summed E-state index contributed by atoms with van der Waals surface area (Å²) >= 11 is 5.88. The van der Waals surface area contributed by atoms with Gasteiger partial charge in [0.2, 0.25) is 10.0 Å². The number of halogens is 1. The number of hydrogen-bond donors (Lipinski definition) is 1. The maximum atomic E-state index is 11.8. The molecule has 1 aromatic rings. The third-order valence-corrected chi connectivity index (χ3v) is 3.92. The molecule has 16 heavy (non-hydrogen) atoms. The number of benzene rings is 1. The van der Waals surface area contributed by atoms with Crippen molar-refractivity contribution in [3.63, 3.8) is 0 Å². The van der Waals surface area contributed by atoms with E-state index in [4.69, 9.17) is 16.3 Å². The van der Waals surface area contributed by atoms with Gasteiger partial charge >= 0.3 is 0 Å². The van der Waals surface area contributed by atoms with Crippen LogP contribution in [0, 0.1) is 6.92 Å². The second kappa shape index (κ2) is 5.63. The first kappa shape index (κ1) is 13.4. The molecule has 0 fully saturated rings. The molecule has 1 aromatic carbocycles. The van der Waals surface area contributed by atoms with E-state index in [2.05, 4.69) is 4.72 Å². The largest absolute Gasteiger partial charge is 0.383 e. The molecule has 0 aliphatic rings. The molecule has 0 spiro atoms. The Bertz CT molecular complexity index is 459. The van der Waals surface area contributed by atoms with Crippen LogP contribution in [-0.2, 0) is 14.8 Å². The maximum absolute atomic E-state index is 11.8. The van der Waals surface area contributed by atoms with Crippen LogP contribution in [0.1, 0.15) is 5.56 Å². The maximum Gasteiger partial charge on any atom is 0.242 e. The fourth-order valence-electron chi connectivity index (χ4n) is 1.18. The van der Waals surface area contributed by atoms with Crippen molar-refractivity contribution in [2.75, 3.05) is 20.3 Å². The predicted octanol–water partition coefficient (Wildman–Crippen LogP) is 1.57. The second-order valence-corrected chi connectivity index (χ2v) is 5.47. The highest BCUT2D eigenvalue weighted by atomic mass is 35.5. The van der Waals surface area contributed by atoms with Crippen molar-refractivity contribution in [3.8, 4) is 0 Å². The van der Waals surface area contributed by atoms with E-state index in [0.29, 0.717) is 6.61 Å². The molecule has 1 rings (SSSR count). The fraction of sp³-hybridized carbons (Fsp3) is 0.400. The summed E-state index contributed by atoms with van der Waals surface area (Å²) in [5, 5.41) is 0.227. The van der Waals surface area contributed by atoms with E-state index in [1.165, 1.54) is 13.2 Å². The Morgan fingerprint density at radius 1 is 1.44 bits per heavy atom. The van der Waals surface area contributed by atoms with Gasteiger partial charge in [-0.15, -0.1) is 0 Å². The average Bonchev–Trinajstić information content (AvgIpc) is 2.17. The van der Waals surface area contributed by atoms with Crippen LogP contribution in [0.2, 0.25) is 5.02 Å². The van der Waals surface area contributed by atoms with E-state index < -0.39 is 10.0 Å². The minimum Gasteiger partial charge on any atom is -0.383 e. The number of nitrogens with one attached hydrogen (secondary N) is 1. The third-order valence-electron chi connectivity index (χ3n) is 1.98. The van der Waals surface area contributed by atoms with Gasteiger partial charge in [0.1, 0.15) is 4.90 Å². The molecular formula is C10H14ClNO3S. The topological polar surface area (TPSA) is 55.4 Å². The van der Waals surface area contributed by atoms with E-state index in [1.54, 1.807) is 12.1 Å². The number of aryl methyl sites for hydroxylation is 1. The van der Waals surface area contributed by atoms with Crippen LogP contribution in [0.4, 0.5) is 0 Å². The first-order valence-corrected chi connectivity index (χ1v) is 6.58. The summed E-state index contributed by atoms with van der Waals surface area (Å²) in [6.45, 7) is 2.40. The zero-order chi connectivity index (χ0) is 12.2. The highest BCUT2D eigenvalue weighted by Gasteiger charge is 2.16. The minimum absolute atomic E-state index is 0.0934. The van der Waals surface area contributed by atoms with Crippen molar-refractivity contribution < 1.29 is 13.2 Å². The monoisotopic (exact) mass is 263 g/mol. The van der Waals surface area contributed by atoms with E-state index in [0.717, 1.165) is 5.56 Å². The van der Waals surface area contributed by atoms with Crippen molar-refractivity contribution in [1.82, 2.24) is 4.72 Å². The van der Waals surface area contributed by atoms with Crippen LogP contribution in [0.3, 0.4) is 0 Å². The van der Waals surface area contributed by atoms with Crippen LogP contribution in [0.5, 0.6) is 0 Å². The molecule has 0 atom stereocenters. The van der Waals surface area contributed by atoms with Gasteiger partial charge in [-0.1, -0.05) is 17.7 Å². The molecule has 0 radical (unpaired) electrons. The van der Waals surface area contributed by atoms with Gasteiger partial charge < -0.3 is 4.74 Å². The molecule has 0 aliphatic heterocycles. The Hall–Kier alpha value is -0.620. The van der Waals surface area contributed by atoms with Crippen molar-refractivity contribution in [3.05, 3.63) is 28.8 Å². The van der Waals surface area contributed by atoms with Crippen LogP contribution < -0.4 is 4.72 Å². The fourth-order valence-corrected chi connectivity index (χ4v) is 2.79. The second-order valence-electron chi connectivity index (χ2n) is 3.32. The molecule has 0 heterocycles. The summed E-state index contributed by atoms with van der Waals surface area (Å²) in [5.74, 6) is 0. The Kier molecular flexibility index (Phi) is 4.73. The summed E-state index contributed by atoms with van der Waals surface area (Å²) in [7, 11) is -2.03. The lowest BCUT2D eigenvalue weighted by Crippen LogP contribution is -2.27. The normalized spacial score (nSPS) is 11.7. The molecular weight excluding hydrogens is 250 g/mol. The van der Waals surface area contributed by atoms with E-state index >= 15 is 0 Å². The first-order chi connectivity index (χ1) is 7.47. The van der Waals surface area contributed by atoms with Gasteiger partial charge in [0.05, 0.1) is 11.6 Å². The Morgan fingerprint density at radius 3 is 2.69 bits per heavy atom. The number of methoxy groups -OCH3 is 1. The molecule has 90 valence electrons. The van der Waals surface area contributed by atoms with Gasteiger partial charge in [-0.25, -0.2) is 13.1 Å². The van der Waals surface area contributed by atoms with E-state index in [-0.39, 0.29) is 16.5 Å². The highest BCUT2D eigenvalue weighted by Crippen LogP contribution is 2.21. The van der Waals surface area contributed by atoms with Crippen LogP contribution in [0.25, 0.3) is 0 Å². The Balaban J connectivity index is 2.90. The van der Waals surface area contributed by atoms with Gasteiger partial charge in [0.25, 0.3) is 0 Å². The van der Waals surface area contributed by atoms with Gasteiger partial charge in [0.15, 0.2) is 0 Å². The molecule has 0 unspecified atom stereocenters. The standard InChI is InChI=1S/C10H14ClNO3S/c1-8-3-4-10(9(11)7-8)16(13,14)12-5-6-15-2/h3-4,7,12H,5-6H2,1-2H3. The van der Waals surface area contributed by atoms with Crippen molar-refractivity contribution in [1.29, 1.82) is 0 Å². The molecule has 0 amide bonds. The lowest BCUT2D eigenvalue weighted by atomic mass is 10.2. The molecule has 6 heteroatoms. The van der Waals surface area contributed by atoms with Gasteiger partial charge in [-0.3, -0.25) is 0 Å². The van der Waals surface area contributed by atoms with Crippen molar-refractivity contribution in [2.24, 2.45) is 0 Å². The van der Waals surface area contributed by atoms with E-state index in [9.17, 15) is 8.42 Å². The van der Waals surface area contributed by atoms with Gasteiger partial charge in [-0.2, -0.15) is 0 Å². The number of rotatable bonds is 5. The predicted molar refractivity (Wildman–Crippen MR) is 63.3 cm³/mol. The SMILES string of the molecule is COCCNS(=O)(=O)c1ccc(C)cc1Cl. The van der Waals surface area contributed by atoms with Crippen molar-refractivity contribution >= 4 is 21.6 Å². The van der Waals surface area contributed by atoms with Crippen molar-refractivity contribution in [2.45, 2.75) is 11.8 Å². The molecule has 0 aliphatic carbocycles. The molecule has 0 aromatic heterocycles. The van der Waals surface area contributed by atoms with Gasteiger partial charge in [-0.05, 0) is 24.6 Å². The first-order valence-electron chi connectivity index (χ1n) is 4.72. The molecule has 1 N–H and O–H groups in total. The van der Waals surface area contributed by atoms with Crippen LogP contribution in [-0.4, -0.2) is 28.7 Å². The zero-order valence-corrected chi connectivity index (χ0v) is 10.7. The number of hydrogen-bond acceptors (Lipinski definition) is 3. The molecule has 0 bridgehead atoms. The molecule has 0 saturated heterocycles. The third kappa shape index (κ3) is 3.45. The summed E-state index contributed by atoms with van der Waals surface area (Å²) < 4.78 is 30.7. The Morgan fingerprint density at radius 2 is 2.12 bits per heavy atom. The average molecular weight is 264 g/mol. The summed E-state index contributed by atoms with van der Waals surface area (Å²) in [5.41, 5.74) is 0.917. The number of ether oxygens (including phenoxy) is 1. The lowest BCUT2D eigenvalue weighted by Gasteiger charge is -2.08. The highest BCUT2D eigenvalue weighted by molar-refractivity contribution is 7.89. The van der Waals surface area contributed by atoms with Crippen LogP contribution in [0.15, 0.2) is 23.1 Å². The summed E-state index contributed by atoms with van der Waals surface area (Å²) in [6.07, 6.45) is 0. The quantitative estimate of drug-likeness (QED) is 0.821. The number of sulfonamides is 1. The van der Waals surface area contributed by atoms with E-state index in [1.807, 2.05) is 6.92 Å². The summed E-state index contributed by atoms with van der Waals surface area (Å²) in [6, 6.07) is 4.82. The molecule has 0 saturated carbocycles.